The maximum Gasteiger partial charge on any atom is 0.191 e. The van der Waals surface area contributed by atoms with Crippen molar-refractivity contribution in [2.75, 3.05) is 32.7 Å². The zero-order valence-corrected chi connectivity index (χ0v) is 20.8. The smallest absolute Gasteiger partial charge is 0.191 e. The van der Waals surface area contributed by atoms with E-state index >= 15 is 0 Å². The molecule has 2 rings (SSSR count). The molecule has 1 aromatic rings. The number of halogens is 1. The van der Waals surface area contributed by atoms with Crippen LogP contribution >= 0.6 is 35.3 Å². The normalized spacial score (nSPS) is 16.9. The van der Waals surface area contributed by atoms with Gasteiger partial charge in [0, 0.05) is 49.4 Å². The quantitative estimate of drug-likeness (QED) is 0.333. The van der Waals surface area contributed by atoms with Crippen LogP contribution in [0.3, 0.4) is 0 Å². The maximum atomic E-state index is 4.78. The molecule has 5 nitrogen and oxygen atoms in total. The van der Waals surface area contributed by atoms with Crippen LogP contribution in [0.5, 0.6) is 0 Å². The third kappa shape index (κ3) is 8.64. The Kier molecular flexibility index (Phi) is 11.1. The first-order valence-electron chi connectivity index (χ1n) is 10.1. The van der Waals surface area contributed by atoms with E-state index in [0.717, 1.165) is 25.5 Å². The Balaban J connectivity index is 0.00000364. The van der Waals surface area contributed by atoms with Gasteiger partial charge in [0.05, 0.1) is 10.7 Å². The fourth-order valence-electron chi connectivity index (χ4n) is 3.16. The predicted octanol–water partition coefficient (Wildman–Crippen LogP) is 4.03. The van der Waals surface area contributed by atoms with E-state index in [1.54, 1.807) is 11.3 Å². The summed E-state index contributed by atoms with van der Waals surface area (Å²) in [4.78, 5) is 12.1. The summed E-state index contributed by atoms with van der Waals surface area (Å²) in [6.45, 7) is 16.3. The molecule has 0 saturated carbocycles. The van der Waals surface area contributed by atoms with E-state index in [9.17, 15) is 0 Å². The third-order valence-corrected chi connectivity index (χ3v) is 5.64. The molecule has 0 bridgehead atoms. The molecule has 0 amide bonds. The SMILES string of the molecule is CCCN1CCC(NC(=NCCc2nc(C(C)(C)C)cs2)NCC)CC1.I. The number of aliphatic imine (C=N–C) groups is 1. The van der Waals surface area contributed by atoms with Crippen LogP contribution in [0.2, 0.25) is 0 Å². The number of aromatic nitrogens is 1. The molecule has 1 aromatic heterocycles. The van der Waals surface area contributed by atoms with Crippen molar-refractivity contribution >= 4 is 41.3 Å². The number of thiazole rings is 1. The summed E-state index contributed by atoms with van der Waals surface area (Å²) < 4.78 is 0. The second-order valence-electron chi connectivity index (χ2n) is 8.15. The van der Waals surface area contributed by atoms with Crippen molar-refractivity contribution in [2.24, 2.45) is 4.99 Å². The van der Waals surface area contributed by atoms with Crippen LogP contribution in [-0.2, 0) is 11.8 Å². The monoisotopic (exact) mass is 507 g/mol. The second-order valence-corrected chi connectivity index (χ2v) is 9.09. The van der Waals surface area contributed by atoms with Crippen molar-refractivity contribution in [1.29, 1.82) is 0 Å². The van der Waals surface area contributed by atoms with E-state index in [1.165, 1.54) is 49.6 Å². The van der Waals surface area contributed by atoms with Gasteiger partial charge < -0.3 is 15.5 Å². The number of piperidine rings is 1. The molecule has 27 heavy (non-hydrogen) atoms. The molecule has 0 spiro atoms. The fraction of sp³-hybridized carbons (Fsp3) is 0.800. The van der Waals surface area contributed by atoms with Crippen molar-refractivity contribution in [1.82, 2.24) is 20.5 Å². The molecule has 1 saturated heterocycles. The highest BCUT2D eigenvalue weighted by Crippen LogP contribution is 2.24. The molecule has 1 fully saturated rings. The Morgan fingerprint density at radius 1 is 1.30 bits per heavy atom. The zero-order chi connectivity index (χ0) is 19.0. The van der Waals surface area contributed by atoms with Crippen LogP contribution in [0.15, 0.2) is 10.4 Å². The van der Waals surface area contributed by atoms with Crippen LogP contribution in [0.1, 0.15) is 64.6 Å². The highest BCUT2D eigenvalue weighted by molar-refractivity contribution is 14.0. The van der Waals surface area contributed by atoms with Crippen LogP contribution in [-0.4, -0.2) is 54.6 Å². The minimum atomic E-state index is 0. The largest absolute Gasteiger partial charge is 0.357 e. The molecule has 1 aliphatic rings. The lowest BCUT2D eigenvalue weighted by atomic mass is 9.93. The lowest BCUT2D eigenvalue weighted by molar-refractivity contribution is 0.206. The van der Waals surface area contributed by atoms with E-state index < -0.39 is 0 Å². The van der Waals surface area contributed by atoms with E-state index in [2.05, 4.69) is 55.5 Å². The molecular weight excluding hydrogens is 469 g/mol. The van der Waals surface area contributed by atoms with Crippen LogP contribution in [0.25, 0.3) is 0 Å². The van der Waals surface area contributed by atoms with Gasteiger partial charge in [-0.3, -0.25) is 4.99 Å². The van der Waals surface area contributed by atoms with Gasteiger partial charge in [-0.1, -0.05) is 27.7 Å². The number of nitrogens with one attached hydrogen (secondary N) is 2. The van der Waals surface area contributed by atoms with Crippen molar-refractivity contribution < 1.29 is 0 Å². The van der Waals surface area contributed by atoms with E-state index in [-0.39, 0.29) is 29.4 Å². The first kappa shape index (κ1) is 24.6. The van der Waals surface area contributed by atoms with Gasteiger partial charge in [-0.15, -0.1) is 35.3 Å². The molecule has 1 aliphatic heterocycles. The average molecular weight is 508 g/mol. The third-order valence-electron chi connectivity index (χ3n) is 4.73. The van der Waals surface area contributed by atoms with E-state index in [0.29, 0.717) is 6.04 Å². The molecule has 0 unspecified atom stereocenters. The minimum absolute atomic E-state index is 0. The molecule has 0 aliphatic carbocycles. The van der Waals surface area contributed by atoms with Gasteiger partial charge in [0.15, 0.2) is 5.96 Å². The summed E-state index contributed by atoms with van der Waals surface area (Å²) in [7, 11) is 0. The van der Waals surface area contributed by atoms with Crippen LogP contribution < -0.4 is 10.6 Å². The van der Waals surface area contributed by atoms with Crippen molar-refractivity contribution in [3.63, 3.8) is 0 Å². The van der Waals surface area contributed by atoms with Gasteiger partial charge in [-0.05, 0) is 32.7 Å². The van der Waals surface area contributed by atoms with Crippen LogP contribution in [0.4, 0.5) is 0 Å². The highest BCUT2D eigenvalue weighted by atomic mass is 127. The van der Waals surface area contributed by atoms with E-state index in [4.69, 9.17) is 9.98 Å². The number of rotatable bonds is 7. The summed E-state index contributed by atoms with van der Waals surface area (Å²) in [6, 6.07) is 0.535. The molecule has 2 heterocycles. The molecule has 2 N–H and O–H groups in total. The fourth-order valence-corrected chi connectivity index (χ4v) is 4.18. The molecule has 0 atom stereocenters. The summed E-state index contributed by atoms with van der Waals surface area (Å²) in [5, 5.41) is 10.4. The van der Waals surface area contributed by atoms with E-state index in [1.807, 2.05) is 0 Å². The molecule has 0 aromatic carbocycles. The van der Waals surface area contributed by atoms with Crippen molar-refractivity contribution in [3.05, 3.63) is 16.1 Å². The number of guanidine groups is 1. The van der Waals surface area contributed by atoms with Gasteiger partial charge in [0.1, 0.15) is 0 Å². The number of hydrogen-bond donors (Lipinski definition) is 2. The number of hydrogen-bond acceptors (Lipinski definition) is 4. The van der Waals surface area contributed by atoms with Crippen LogP contribution in [0, 0.1) is 0 Å². The number of likely N-dealkylation sites (tertiary alicyclic amines) is 1. The summed E-state index contributed by atoms with van der Waals surface area (Å²) in [6.07, 6.45) is 4.56. The Morgan fingerprint density at radius 3 is 2.56 bits per heavy atom. The Morgan fingerprint density at radius 2 is 2.00 bits per heavy atom. The standard InChI is InChI=1S/C20H37N5S.HI/c1-6-12-25-13-9-16(10-14-25)23-19(21-7-2)22-11-8-18-24-17(15-26-18)20(3,4)5;/h15-16H,6-14H2,1-5H3,(H2,21,22,23);1H. The Bertz CT molecular complexity index is 559. The second kappa shape index (κ2) is 12.2. The van der Waals surface area contributed by atoms with Gasteiger partial charge in [0.25, 0.3) is 0 Å². The zero-order valence-electron chi connectivity index (χ0n) is 17.7. The lowest BCUT2D eigenvalue weighted by Crippen LogP contribution is -2.48. The van der Waals surface area contributed by atoms with Gasteiger partial charge >= 0.3 is 0 Å². The van der Waals surface area contributed by atoms with Gasteiger partial charge in [-0.25, -0.2) is 4.98 Å². The Hall–Kier alpha value is -0.410. The maximum absolute atomic E-state index is 4.78. The highest BCUT2D eigenvalue weighted by Gasteiger charge is 2.19. The topological polar surface area (TPSA) is 52.5 Å². The first-order valence-corrected chi connectivity index (χ1v) is 11.0. The summed E-state index contributed by atoms with van der Waals surface area (Å²) in [5.74, 6) is 0.953. The van der Waals surface area contributed by atoms with Gasteiger partial charge in [0.2, 0.25) is 0 Å². The van der Waals surface area contributed by atoms with Gasteiger partial charge in [-0.2, -0.15) is 0 Å². The van der Waals surface area contributed by atoms with Crippen molar-refractivity contribution in [3.8, 4) is 0 Å². The lowest BCUT2D eigenvalue weighted by Gasteiger charge is -2.32. The molecule has 7 heteroatoms. The Labute approximate surface area is 186 Å². The number of nitrogens with zero attached hydrogens (tertiary/aromatic N) is 3. The molecule has 156 valence electrons. The van der Waals surface area contributed by atoms with Crippen molar-refractivity contribution in [2.45, 2.75) is 71.8 Å². The minimum Gasteiger partial charge on any atom is -0.357 e. The first-order chi connectivity index (χ1) is 12.4. The molecular formula is C20H38IN5S. The average Bonchev–Trinajstić information content (AvgIpc) is 3.06. The summed E-state index contributed by atoms with van der Waals surface area (Å²) in [5.41, 5.74) is 1.31. The molecule has 0 radical (unpaired) electrons. The summed E-state index contributed by atoms with van der Waals surface area (Å²) >= 11 is 1.76. The predicted molar refractivity (Wildman–Crippen MR) is 129 cm³/mol.